The minimum atomic E-state index is -0.864. The average Bonchev–Trinajstić information content (AvgIpc) is 2.74. The van der Waals surface area contributed by atoms with Crippen LogP contribution < -0.4 is 33.0 Å². The third-order valence-electron chi connectivity index (χ3n) is 4.44. The van der Waals surface area contributed by atoms with Gasteiger partial charge in [-0.3, -0.25) is 0 Å². The van der Waals surface area contributed by atoms with Gasteiger partial charge in [0, 0.05) is 81.6 Å². The molecule has 0 saturated heterocycles. The molecular weight excluding hydrogens is 438 g/mol. The van der Waals surface area contributed by atoms with E-state index in [4.69, 9.17) is 0 Å². The van der Waals surface area contributed by atoms with Gasteiger partial charge in [-0.2, -0.15) is 0 Å². The number of carbonyl (C=O) groups excluding carboxylic acids is 3. The zero-order valence-electron chi connectivity index (χ0n) is 19.9. The van der Waals surface area contributed by atoms with E-state index in [9.17, 15) is 28.8 Å². The van der Waals surface area contributed by atoms with Crippen molar-refractivity contribution in [3.05, 3.63) is 31.5 Å². The smallest absolute Gasteiger partial charge is 0.336 e. The number of carbonyl (C=O) groups is 3. The van der Waals surface area contributed by atoms with Crippen LogP contribution in [0.25, 0.3) is 0 Å². The largest absolute Gasteiger partial charge is 0.336 e. The molecule has 0 spiro atoms. The van der Waals surface area contributed by atoms with Crippen LogP contribution in [0.15, 0.2) is 14.4 Å². The first kappa shape index (κ1) is 27.3. The Morgan fingerprint density at radius 1 is 0.545 bits per heavy atom. The van der Waals surface area contributed by atoms with Gasteiger partial charge in [0.15, 0.2) is 0 Å². The maximum absolute atomic E-state index is 12.8. The van der Waals surface area contributed by atoms with Crippen LogP contribution in [0.2, 0.25) is 0 Å². The van der Waals surface area contributed by atoms with Gasteiger partial charge >= 0.3 is 35.2 Å². The first-order valence-electron chi connectivity index (χ1n) is 10.2. The molecule has 15 heteroatoms. The molecule has 1 aromatic heterocycles. The van der Waals surface area contributed by atoms with Crippen molar-refractivity contribution in [3.63, 3.8) is 0 Å². The highest BCUT2D eigenvalue weighted by Crippen LogP contribution is 1.83. The zero-order valence-corrected chi connectivity index (χ0v) is 19.9. The summed E-state index contributed by atoms with van der Waals surface area (Å²) < 4.78 is 2.50. The summed E-state index contributed by atoms with van der Waals surface area (Å²) in [6, 6.07) is -1.22. The Kier molecular flexibility index (Phi) is 10.2. The highest BCUT2D eigenvalue weighted by atomic mass is 16.2. The quantitative estimate of drug-likeness (QED) is 0.347. The van der Waals surface area contributed by atoms with Crippen molar-refractivity contribution < 1.29 is 14.4 Å². The van der Waals surface area contributed by atoms with E-state index in [1.54, 1.807) is 42.3 Å². The van der Waals surface area contributed by atoms with Crippen LogP contribution in [-0.4, -0.2) is 108 Å². The lowest BCUT2D eigenvalue weighted by Crippen LogP contribution is -2.57. The lowest BCUT2D eigenvalue weighted by Gasteiger charge is -2.17. The Labute approximate surface area is 190 Å². The number of aromatic nitrogens is 3. The average molecular weight is 472 g/mol. The maximum atomic E-state index is 12.8. The Balaban J connectivity index is 3.21. The summed E-state index contributed by atoms with van der Waals surface area (Å²) in [5, 5.41) is 7.64. The van der Waals surface area contributed by atoms with E-state index in [0.29, 0.717) is 0 Å². The number of hydrogen-bond donors (Lipinski definition) is 3. The van der Waals surface area contributed by atoms with Gasteiger partial charge < -0.3 is 30.7 Å². The zero-order chi connectivity index (χ0) is 25.3. The molecule has 1 heterocycles. The van der Waals surface area contributed by atoms with Crippen LogP contribution in [0.3, 0.4) is 0 Å². The van der Waals surface area contributed by atoms with Gasteiger partial charge in [-0.25, -0.2) is 42.5 Å². The van der Waals surface area contributed by atoms with Crippen molar-refractivity contribution in [3.8, 4) is 0 Å². The monoisotopic (exact) mass is 471 g/mol. The van der Waals surface area contributed by atoms with Gasteiger partial charge in [0.05, 0.1) is 0 Å². The summed E-state index contributed by atoms with van der Waals surface area (Å²) in [6.45, 7) is -0.611. The highest BCUT2D eigenvalue weighted by Gasteiger charge is 2.16. The Morgan fingerprint density at radius 3 is 0.939 bits per heavy atom. The van der Waals surface area contributed by atoms with Gasteiger partial charge in [0.2, 0.25) is 0 Å². The number of amides is 6. The van der Waals surface area contributed by atoms with Gasteiger partial charge in [0.1, 0.15) is 0 Å². The second kappa shape index (κ2) is 12.3. The first-order valence-corrected chi connectivity index (χ1v) is 10.2. The molecule has 0 aliphatic carbocycles. The lowest BCUT2D eigenvalue weighted by atomic mass is 10.5. The molecule has 15 nitrogen and oxygen atoms in total. The molecule has 33 heavy (non-hydrogen) atoms. The molecule has 1 aromatic rings. The molecule has 0 radical (unpaired) electrons. The first-order chi connectivity index (χ1) is 15.4. The van der Waals surface area contributed by atoms with E-state index < -0.39 is 35.2 Å². The number of rotatable bonds is 9. The molecule has 0 atom stereocenters. The summed E-state index contributed by atoms with van der Waals surface area (Å²) in [5.74, 6) is 0. The molecule has 1 rings (SSSR count). The normalized spacial score (nSPS) is 10.4. The predicted molar refractivity (Wildman–Crippen MR) is 120 cm³/mol. The molecule has 0 aliphatic heterocycles. The highest BCUT2D eigenvalue weighted by molar-refractivity contribution is 5.74. The van der Waals surface area contributed by atoms with Crippen molar-refractivity contribution in [1.29, 1.82) is 0 Å². The molecular formula is C18H33N9O6. The van der Waals surface area contributed by atoms with Gasteiger partial charge in [0.25, 0.3) is 0 Å². The molecule has 0 bridgehead atoms. The summed E-state index contributed by atoms with van der Waals surface area (Å²) in [4.78, 5) is 77.5. The molecule has 0 saturated carbocycles. The number of nitrogens with one attached hydrogen (secondary N) is 3. The minimum absolute atomic E-state index is 0.0287. The van der Waals surface area contributed by atoms with E-state index in [0.717, 1.165) is 13.7 Å². The number of nitrogens with zero attached hydrogens (tertiary/aromatic N) is 6. The van der Waals surface area contributed by atoms with Crippen LogP contribution in [0.5, 0.6) is 0 Å². The van der Waals surface area contributed by atoms with Crippen LogP contribution in [0.1, 0.15) is 0 Å². The van der Waals surface area contributed by atoms with E-state index >= 15 is 0 Å². The molecule has 186 valence electrons. The van der Waals surface area contributed by atoms with Crippen molar-refractivity contribution in [2.75, 3.05) is 61.9 Å². The Bertz CT molecular complexity index is 863. The van der Waals surface area contributed by atoms with Gasteiger partial charge in [-0.05, 0) is 0 Å². The molecule has 3 N–H and O–H groups in total. The predicted octanol–water partition coefficient (Wildman–Crippen LogP) is -3.01. The molecule has 0 fully saturated rings. The van der Waals surface area contributed by atoms with E-state index in [2.05, 4.69) is 16.0 Å². The van der Waals surface area contributed by atoms with Crippen molar-refractivity contribution in [2.45, 2.75) is 19.6 Å². The molecule has 6 amide bonds. The second-order valence-corrected chi connectivity index (χ2v) is 7.68. The summed E-state index contributed by atoms with van der Waals surface area (Å²) in [6.07, 6.45) is 0. The topological polar surface area (TPSA) is 163 Å². The molecule has 0 aliphatic rings. The molecule has 0 unspecified atom stereocenters. The summed E-state index contributed by atoms with van der Waals surface area (Å²) in [7, 11) is 9.24. The minimum Gasteiger partial charge on any atom is -0.336 e. The van der Waals surface area contributed by atoms with Crippen LogP contribution in [0.4, 0.5) is 14.4 Å². The Hall–Kier alpha value is -3.78. The maximum Gasteiger partial charge on any atom is 0.336 e. The lowest BCUT2D eigenvalue weighted by molar-refractivity contribution is 0.216. The fourth-order valence-electron chi connectivity index (χ4n) is 2.55. The standard InChI is InChI=1S/C18H33N9O6/c1-22(2)13(28)19-7-10-25-16(31)26(11-8-20-14(29)23(3)4)18(33)27(17(25)32)12-9-21-15(30)24(5)6/h7-12H2,1-6H3,(H,19,28)(H,20,29)(H,21,30). The van der Waals surface area contributed by atoms with Crippen molar-refractivity contribution in [1.82, 2.24) is 44.4 Å². The third-order valence-corrected chi connectivity index (χ3v) is 4.44. The summed E-state index contributed by atoms with van der Waals surface area (Å²) in [5.41, 5.74) is -2.59. The number of hydrogen-bond acceptors (Lipinski definition) is 6. The Morgan fingerprint density at radius 2 is 0.758 bits per heavy atom. The van der Waals surface area contributed by atoms with Crippen molar-refractivity contribution in [2.24, 2.45) is 0 Å². The third kappa shape index (κ3) is 7.69. The fraction of sp³-hybridized carbons (Fsp3) is 0.667. The van der Waals surface area contributed by atoms with E-state index in [1.165, 1.54) is 14.7 Å². The fourth-order valence-corrected chi connectivity index (χ4v) is 2.55. The van der Waals surface area contributed by atoms with Crippen LogP contribution in [0, 0.1) is 0 Å². The molecule has 0 aromatic carbocycles. The van der Waals surface area contributed by atoms with E-state index in [-0.39, 0.29) is 39.3 Å². The van der Waals surface area contributed by atoms with Crippen LogP contribution in [-0.2, 0) is 19.6 Å². The number of urea groups is 3. The summed E-state index contributed by atoms with van der Waals surface area (Å²) >= 11 is 0. The second-order valence-electron chi connectivity index (χ2n) is 7.68. The van der Waals surface area contributed by atoms with Gasteiger partial charge in [-0.1, -0.05) is 0 Å². The van der Waals surface area contributed by atoms with Crippen molar-refractivity contribution >= 4 is 18.1 Å². The van der Waals surface area contributed by atoms with E-state index in [1.807, 2.05) is 0 Å². The SMILES string of the molecule is CN(C)C(=O)NCCn1c(=O)n(CCNC(=O)N(C)C)c(=O)n(CCNC(=O)N(C)C)c1=O. The van der Waals surface area contributed by atoms with Crippen LogP contribution >= 0.6 is 0 Å². The van der Waals surface area contributed by atoms with Gasteiger partial charge in [-0.15, -0.1) is 0 Å².